The highest BCUT2D eigenvalue weighted by Crippen LogP contribution is 2.29. The Morgan fingerprint density at radius 3 is 2.40 bits per heavy atom. The summed E-state index contributed by atoms with van der Waals surface area (Å²) in [4.78, 5) is 13.5. The zero-order chi connectivity index (χ0) is 11.3. The maximum absolute atomic E-state index is 11.3. The van der Waals surface area contributed by atoms with Crippen LogP contribution in [0.25, 0.3) is 0 Å². The van der Waals surface area contributed by atoms with Crippen LogP contribution in [0.1, 0.15) is 38.5 Å². The molecule has 1 rings (SSSR count). The van der Waals surface area contributed by atoms with Gasteiger partial charge < -0.3 is 9.64 Å². The molecule has 1 unspecified atom stereocenters. The van der Waals surface area contributed by atoms with Gasteiger partial charge in [-0.2, -0.15) is 0 Å². The van der Waals surface area contributed by atoms with Crippen molar-refractivity contribution in [3.63, 3.8) is 0 Å². The van der Waals surface area contributed by atoms with Crippen LogP contribution in [0, 0.1) is 5.92 Å². The molecule has 1 aliphatic carbocycles. The number of methoxy groups -OCH3 is 1. The van der Waals surface area contributed by atoms with Crippen LogP contribution in [0.3, 0.4) is 0 Å². The Kier molecular flexibility index (Phi) is 5.09. The van der Waals surface area contributed by atoms with Gasteiger partial charge in [0.05, 0.1) is 13.5 Å². The lowest BCUT2D eigenvalue weighted by molar-refractivity contribution is -0.142. The van der Waals surface area contributed by atoms with Gasteiger partial charge in [-0.05, 0) is 32.9 Å². The molecule has 1 fully saturated rings. The fourth-order valence-electron chi connectivity index (χ4n) is 2.54. The van der Waals surface area contributed by atoms with Crippen LogP contribution in [-0.4, -0.2) is 38.1 Å². The van der Waals surface area contributed by atoms with Gasteiger partial charge in [0.2, 0.25) is 0 Å². The first kappa shape index (κ1) is 12.5. The average molecular weight is 213 g/mol. The number of carbonyl (C=O) groups excluding carboxylic acids is 1. The molecule has 0 amide bonds. The van der Waals surface area contributed by atoms with E-state index in [0.717, 1.165) is 0 Å². The molecule has 88 valence electrons. The van der Waals surface area contributed by atoms with Gasteiger partial charge in [-0.25, -0.2) is 0 Å². The number of rotatable bonds is 4. The van der Waals surface area contributed by atoms with Crippen LogP contribution in [0.4, 0.5) is 0 Å². The van der Waals surface area contributed by atoms with Crippen molar-refractivity contribution in [2.45, 2.75) is 44.6 Å². The lowest BCUT2D eigenvalue weighted by Crippen LogP contribution is -2.38. The highest BCUT2D eigenvalue weighted by atomic mass is 16.5. The monoisotopic (exact) mass is 213 g/mol. The van der Waals surface area contributed by atoms with E-state index in [9.17, 15) is 4.79 Å². The topological polar surface area (TPSA) is 29.5 Å². The second-order valence-electron chi connectivity index (χ2n) is 4.71. The molecule has 15 heavy (non-hydrogen) atoms. The van der Waals surface area contributed by atoms with Gasteiger partial charge in [0.25, 0.3) is 0 Å². The SMILES string of the molecule is COC(=O)CC(C1CCCCC1)N(C)C. The summed E-state index contributed by atoms with van der Waals surface area (Å²) in [5.41, 5.74) is 0. The van der Waals surface area contributed by atoms with E-state index in [-0.39, 0.29) is 5.97 Å². The lowest BCUT2D eigenvalue weighted by Gasteiger charge is -2.34. The summed E-state index contributed by atoms with van der Waals surface area (Å²) >= 11 is 0. The summed E-state index contributed by atoms with van der Waals surface area (Å²) in [6.07, 6.45) is 7.05. The second kappa shape index (κ2) is 6.11. The summed E-state index contributed by atoms with van der Waals surface area (Å²) in [5, 5.41) is 0. The first-order valence-electron chi connectivity index (χ1n) is 5.88. The summed E-state index contributed by atoms with van der Waals surface area (Å²) < 4.78 is 4.76. The summed E-state index contributed by atoms with van der Waals surface area (Å²) in [6.45, 7) is 0. The Morgan fingerprint density at radius 2 is 1.93 bits per heavy atom. The Hall–Kier alpha value is -0.570. The number of esters is 1. The van der Waals surface area contributed by atoms with Gasteiger partial charge >= 0.3 is 5.97 Å². The zero-order valence-corrected chi connectivity index (χ0v) is 10.2. The fourth-order valence-corrected chi connectivity index (χ4v) is 2.54. The van der Waals surface area contributed by atoms with Crippen LogP contribution in [0.2, 0.25) is 0 Å². The van der Waals surface area contributed by atoms with Crippen LogP contribution >= 0.6 is 0 Å². The molecule has 0 heterocycles. The minimum atomic E-state index is -0.0840. The van der Waals surface area contributed by atoms with Crippen molar-refractivity contribution in [1.29, 1.82) is 0 Å². The number of nitrogens with zero attached hydrogens (tertiary/aromatic N) is 1. The molecule has 1 aliphatic rings. The normalized spacial score (nSPS) is 20.3. The molecular weight excluding hydrogens is 190 g/mol. The van der Waals surface area contributed by atoms with E-state index in [2.05, 4.69) is 19.0 Å². The number of hydrogen-bond donors (Lipinski definition) is 0. The Labute approximate surface area is 92.8 Å². The van der Waals surface area contributed by atoms with Crippen molar-refractivity contribution in [3.05, 3.63) is 0 Å². The first-order valence-corrected chi connectivity index (χ1v) is 5.88. The van der Waals surface area contributed by atoms with E-state index < -0.39 is 0 Å². The lowest BCUT2D eigenvalue weighted by atomic mass is 9.82. The van der Waals surface area contributed by atoms with E-state index in [1.165, 1.54) is 39.2 Å². The van der Waals surface area contributed by atoms with E-state index >= 15 is 0 Å². The average Bonchev–Trinajstić information content (AvgIpc) is 2.26. The third-order valence-corrected chi connectivity index (χ3v) is 3.46. The van der Waals surface area contributed by atoms with E-state index in [1.54, 1.807) is 0 Å². The zero-order valence-electron chi connectivity index (χ0n) is 10.2. The molecule has 0 aromatic carbocycles. The predicted molar refractivity (Wildman–Crippen MR) is 60.7 cm³/mol. The van der Waals surface area contributed by atoms with Crippen molar-refractivity contribution in [1.82, 2.24) is 4.90 Å². The van der Waals surface area contributed by atoms with Crippen molar-refractivity contribution >= 4 is 5.97 Å². The predicted octanol–water partition coefficient (Wildman–Crippen LogP) is 2.06. The molecule has 3 nitrogen and oxygen atoms in total. The minimum Gasteiger partial charge on any atom is -0.469 e. The largest absolute Gasteiger partial charge is 0.469 e. The van der Waals surface area contributed by atoms with E-state index in [1.807, 2.05) is 0 Å². The summed E-state index contributed by atoms with van der Waals surface area (Å²) in [5.74, 6) is 0.590. The molecular formula is C12H23NO2. The molecule has 1 atom stereocenters. The van der Waals surface area contributed by atoms with Crippen molar-refractivity contribution in [2.24, 2.45) is 5.92 Å². The molecule has 0 saturated heterocycles. The fraction of sp³-hybridized carbons (Fsp3) is 0.917. The van der Waals surface area contributed by atoms with Gasteiger partial charge in [0, 0.05) is 6.04 Å². The van der Waals surface area contributed by atoms with Gasteiger partial charge in [0.15, 0.2) is 0 Å². The second-order valence-corrected chi connectivity index (χ2v) is 4.71. The van der Waals surface area contributed by atoms with Crippen LogP contribution in [0.5, 0.6) is 0 Å². The van der Waals surface area contributed by atoms with Crippen LogP contribution < -0.4 is 0 Å². The van der Waals surface area contributed by atoms with E-state index in [0.29, 0.717) is 18.4 Å². The molecule has 3 heteroatoms. The van der Waals surface area contributed by atoms with Crippen molar-refractivity contribution < 1.29 is 9.53 Å². The quantitative estimate of drug-likeness (QED) is 0.669. The van der Waals surface area contributed by atoms with Crippen LogP contribution in [0.15, 0.2) is 0 Å². The summed E-state index contributed by atoms with van der Waals surface area (Å²) in [7, 11) is 5.58. The first-order chi connectivity index (χ1) is 7.15. The highest BCUT2D eigenvalue weighted by molar-refractivity contribution is 5.69. The maximum atomic E-state index is 11.3. The van der Waals surface area contributed by atoms with Crippen molar-refractivity contribution in [2.75, 3.05) is 21.2 Å². The van der Waals surface area contributed by atoms with Gasteiger partial charge in [-0.1, -0.05) is 19.3 Å². The Bertz CT molecular complexity index is 198. The third-order valence-electron chi connectivity index (χ3n) is 3.46. The minimum absolute atomic E-state index is 0.0840. The van der Waals surface area contributed by atoms with Gasteiger partial charge in [-0.15, -0.1) is 0 Å². The number of carbonyl (C=O) groups is 1. The number of ether oxygens (including phenoxy) is 1. The van der Waals surface area contributed by atoms with E-state index in [4.69, 9.17) is 4.74 Å². The molecule has 0 aliphatic heterocycles. The molecule has 0 spiro atoms. The third kappa shape index (κ3) is 3.82. The maximum Gasteiger partial charge on any atom is 0.307 e. The molecule has 0 aromatic heterocycles. The summed E-state index contributed by atoms with van der Waals surface area (Å²) in [6, 6.07) is 0.359. The van der Waals surface area contributed by atoms with Gasteiger partial charge in [-0.3, -0.25) is 4.79 Å². The molecule has 1 saturated carbocycles. The Morgan fingerprint density at radius 1 is 1.33 bits per heavy atom. The molecule has 0 N–H and O–H groups in total. The smallest absolute Gasteiger partial charge is 0.307 e. The van der Waals surface area contributed by atoms with Gasteiger partial charge in [0.1, 0.15) is 0 Å². The standard InChI is InChI=1S/C12H23NO2/c1-13(2)11(9-12(14)15-3)10-7-5-4-6-8-10/h10-11H,4-9H2,1-3H3. The number of hydrogen-bond acceptors (Lipinski definition) is 3. The molecule has 0 radical (unpaired) electrons. The molecule has 0 aromatic rings. The van der Waals surface area contributed by atoms with Crippen molar-refractivity contribution in [3.8, 4) is 0 Å². The molecule has 0 bridgehead atoms. The Balaban J connectivity index is 2.51. The van der Waals surface area contributed by atoms with Crippen LogP contribution in [-0.2, 0) is 9.53 Å². The highest BCUT2D eigenvalue weighted by Gasteiger charge is 2.27.